The van der Waals surface area contributed by atoms with Crippen LogP contribution in [0.3, 0.4) is 0 Å². The van der Waals surface area contributed by atoms with E-state index in [2.05, 4.69) is 35.2 Å². The quantitative estimate of drug-likeness (QED) is 0.903. The number of halogens is 1. The molecule has 0 saturated carbocycles. The summed E-state index contributed by atoms with van der Waals surface area (Å²) >= 11 is 6.26. The summed E-state index contributed by atoms with van der Waals surface area (Å²) in [6.07, 6.45) is 0. The van der Waals surface area contributed by atoms with Crippen molar-refractivity contribution in [2.45, 2.75) is 19.5 Å². The molecular weight excluding hydrogens is 270 g/mol. The second kappa shape index (κ2) is 6.73. The molecule has 0 aliphatic heterocycles. The zero-order valence-corrected chi connectivity index (χ0v) is 12.9. The topological polar surface area (TPSA) is 28.2 Å². The Balaban J connectivity index is 2.11. The van der Waals surface area contributed by atoms with Gasteiger partial charge in [0.1, 0.15) is 5.82 Å². The molecule has 2 rings (SSSR count). The first-order valence-corrected chi connectivity index (χ1v) is 7.08. The lowest BCUT2D eigenvalue weighted by atomic mass is 10.1. The summed E-state index contributed by atoms with van der Waals surface area (Å²) in [5.74, 6) is 0.890. The van der Waals surface area contributed by atoms with Crippen molar-refractivity contribution in [3.05, 3.63) is 58.7 Å². The van der Waals surface area contributed by atoms with E-state index in [1.54, 1.807) is 0 Å². The van der Waals surface area contributed by atoms with Crippen molar-refractivity contribution in [3.8, 4) is 0 Å². The minimum absolute atomic E-state index is 0.240. The number of pyridine rings is 1. The summed E-state index contributed by atoms with van der Waals surface area (Å²) in [6.45, 7) is 2.94. The molecule has 3 nitrogen and oxygen atoms in total. The number of benzene rings is 1. The minimum atomic E-state index is 0.240. The van der Waals surface area contributed by atoms with Gasteiger partial charge in [0.25, 0.3) is 0 Å². The standard InChI is InChI=1S/C16H20ClN3/c1-12(14-8-4-5-9-15(14)17)20(3)11-13-7-6-10-16(18-2)19-13/h4-10,12H,11H2,1-3H3,(H,18,19). The molecule has 1 N–H and O–H groups in total. The molecule has 1 atom stereocenters. The molecule has 0 bridgehead atoms. The van der Waals surface area contributed by atoms with Crippen LogP contribution in [0.5, 0.6) is 0 Å². The van der Waals surface area contributed by atoms with Crippen molar-refractivity contribution in [1.29, 1.82) is 0 Å². The Morgan fingerprint density at radius 1 is 1.20 bits per heavy atom. The van der Waals surface area contributed by atoms with Gasteiger partial charge in [0, 0.05) is 24.7 Å². The molecule has 1 aromatic carbocycles. The third kappa shape index (κ3) is 3.50. The predicted octanol–water partition coefficient (Wildman–Crippen LogP) is 3.97. The smallest absolute Gasteiger partial charge is 0.126 e. The van der Waals surface area contributed by atoms with E-state index in [1.165, 1.54) is 0 Å². The van der Waals surface area contributed by atoms with Crippen molar-refractivity contribution in [1.82, 2.24) is 9.88 Å². The van der Waals surface area contributed by atoms with Crippen LogP contribution in [0.1, 0.15) is 24.2 Å². The van der Waals surface area contributed by atoms with Gasteiger partial charge in [-0.1, -0.05) is 35.9 Å². The van der Waals surface area contributed by atoms with E-state index in [0.717, 1.165) is 28.6 Å². The Morgan fingerprint density at radius 2 is 1.95 bits per heavy atom. The number of aromatic nitrogens is 1. The molecule has 0 saturated heterocycles. The number of nitrogens with zero attached hydrogens (tertiary/aromatic N) is 2. The Bertz CT molecular complexity index is 571. The van der Waals surface area contributed by atoms with Crippen LogP contribution < -0.4 is 5.32 Å². The first-order valence-electron chi connectivity index (χ1n) is 6.70. The van der Waals surface area contributed by atoms with Gasteiger partial charge in [-0.15, -0.1) is 0 Å². The molecule has 0 aliphatic carbocycles. The molecule has 0 amide bonds. The zero-order chi connectivity index (χ0) is 14.5. The molecule has 0 radical (unpaired) electrons. The van der Waals surface area contributed by atoms with E-state index in [9.17, 15) is 0 Å². The molecule has 0 aliphatic rings. The molecule has 20 heavy (non-hydrogen) atoms. The van der Waals surface area contributed by atoms with Gasteiger partial charge in [-0.05, 0) is 37.7 Å². The molecule has 0 spiro atoms. The highest BCUT2D eigenvalue weighted by atomic mass is 35.5. The molecule has 2 aromatic rings. The van der Waals surface area contributed by atoms with E-state index in [-0.39, 0.29) is 6.04 Å². The minimum Gasteiger partial charge on any atom is -0.373 e. The van der Waals surface area contributed by atoms with Gasteiger partial charge in [-0.25, -0.2) is 4.98 Å². The van der Waals surface area contributed by atoms with Crippen LogP contribution in [-0.2, 0) is 6.54 Å². The van der Waals surface area contributed by atoms with Crippen LogP contribution in [0, 0.1) is 0 Å². The van der Waals surface area contributed by atoms with Crippen molar-refractivity contribution in [2.24, 2.45) is 0 Å². The fourth-order valence-electron chi connectivity index (χ4n) is 2.15. The lowest BCUT2D eigenvalue weighted by Gasteiger charge is -2.25. The second-order valence-corrected chi connectivity index (χ2v) is 5.28. The third-order valence-corrected chi connectivity index (χ3v) is 3.83. The zero-order valence-electron chi connectivity index (χ0n) is 12.1. The van der Waals surface area contributed by atoms with Crippen molar-refractivity contribution >= 4 is 17.4 Å². The molecular formula is C16H20ClN3. The predicted molar refractivity (Wildman–Crippen MR) is 85.1 cm³/mol. The molecule has 1 aromatic heterocycles. The molecule has 1 unspecified atom stereocenters. The van der Waals surface area contributed by atoms with Crippen LogP contribution in [0.15, 0.2) is 42.5 Å². The summed E-state index contributed by atoms with van der Waals surface area (Å²) in [7, 11) is 3.96. The Hall–Kier alpha value is -1.58. The summed E-state index contributed by atoms with van der Waals surface area (Å²) in [6, 6.07) is 14.2. The first kappa shape index (κ1) is 14.8. The van der Waals surface area contributed by atoms with E-state index < -0.39 is 0 Å². The highest BCUT2D eigenvalue weighted by molar-refractivity contribution is 6.31. The van der Waals surface area contributed by atoms with Crippen molar-refractivity contribution in [2.75, 3.05) is 19.4 Å². The second-order valence-electron chi connectivity index (χ2n) is 4.88. The lowest BCUT2D eigenvalue weighted by molar-refractivity contribution is 0.250. The number of hydrogen-bond donors (Lipinski definition) is 1. The maximum Gasteiger partial charge on any atom is 0.126 e. The van der Waals surface area contributed by atoms with E-state index in [4.69, 9.17) is 11.6 Å². The van der Waals surface area contributed by atoms with Crippen molar-refractivity contribution in [3.63, 3.8) is 0 Å². The third-order valence-electron chi connectivity index (χ3n) is 3.49. The van der Waals surface area contributed by atoms with Gasteiger partial charge < -0.3 is 5.32 Å². The molecule has 0 fully saturated rings. The Labute approximate surface area is 125 Å². The largest absolute Gasteiger partial charge is 0.373 e. The highest BCUT2D eigenvalue weighted by Crippen LogP contribution is 2.27. The van der Waals surface area contributed by atoms with Crippen LogP contribution in [0.2, 0.25) is 5.02 Å². The van der Waals surface area contributed by atoms with Crippen molar-refractivity contribution < 1.29 is 0 Å². The van der Waals surface area contributed by atoms with Crippen LogP contribution in [-0.4, -0.2) is 24.0 Å². The van der Waals surface area contributed by atoms with Gasteiger partial charge in [0.15, 0.2) is 0 Å². The number of nitrogens with one attached hydrogen (secondary N) is 1. The van der Waals surface area contributed by atoms with Crippen LogP contribution >= 0.6 is 11.6 Å². The molecule has 106 valence electrons. The summed E-state index contributed by atoms with van der Waals surface area (Å²) in [5.41, 5.74) is 2.18. The Kier molecular flexibility index (Phi) is 4.99. The van der Waals surface area contributed by atoms with Gasteiger partial charge in [-0.3, -0.25) is 4.90 Å². The fourth-order valence-corrected chi connectivity index (χ4v) is 2.44. The number of hydrogen-bond acceptors (Lipinski definition) is 3. The SMILES string of the molecule is CNc1cccc(CN(C)C(C)c2ccccc2Cl)n1. The van der Waals surface area contributed by atoms with Gasteiger partial charge in [-0.2, -0.15) is 0 Å². The average Bonchev–Trinajstić information content (AvgIpc) is 2.47. The Morgan fingerprint density at radius 3 is 2.65 bits per heavy atom. The lowest BCUT2D eigenvalue weighted by Crippen LogP contribution is -2.22. The number of rotatable bonds is 5. The monoisotopic (exact) mass is 289 g/mol. The first-order chi connectivity index (χ1) is 9.61. The van der Waals surface area contributed by atoms with Crippen LogP contribution in [0.25, 0.3) is 0 Å². The van der Waals surface area contributed by atoms with Gasteiger partial charge in [0.05, 0.1) is 5.69 Å². The normalized spacial score (nSPS) is 12.4. The van der Waals surface area contributed by atoms with Crippen LogP contribution in [0.4, 0.5) is 5.82 Å². The maximum absolute atomic E-state index is 6.26. The fraction of sp³-hybridized carbons (Fsp3) is 0.312. The molecule has 1 heterocycles. The summed E-state index contributed by atoms with van der Waals surface area (Å²) < 4.78 is 0. The van der Waals surface area contributed by atoms with E-state index >= 15 is 0 Å². The maximum atomic E-state index is 6.26. The van der Waals surface area contributed by atoms with Gasteiger partial charge in [0.2, 0.25) is 0 Å². The average molecular weight is 290 g/mol. The van der Waals surface area contributed by atoms with E-state index in [0.29, 0.717) is 0 Å². The van der Waals surface area contributed by atoms with E-state index in [1.807, 2.05) is 43.4 Å². The summed E-state index contributed by atoms with van der Waals surface area (Å²) in [4.78, 5) is 6.78. The van der Waals surface area contributed by atoms with Gasteiger partial charge >= 0.3 is 0 Å². The molecule has 4 heteroatoms. The highest BCUT2D eigenvalue weighted by Gasteiger charge is 2.15. The number of anilines is 1. The summed E-state index contributed by atoms with van der Waals surface area (Å²) in [5, 5.41) is 3.87.